The van der Waals surface area contributed by atoms with Crippen molar-refractivity contribution in [2.75, 3.05) is 19.9 Å². The molecule has 2 aromatic rings. The summed E-state index contributed by atoms with van der Waals surface area (Å²) in [5.74, 6) is 0.526. The summed E-state index contributed by atoms with van der Waals surface area (Å²) in [5.41, 5.74) is 7.87. The Labute approximate surface area is 132 Å². The summed E-state index contributed by atoms with van der Waals surface area (Å²) in [6.45, 7) is 0.525. The molecule has 0 radical (unpaired) electrons. The topological polar surface area (TPSA) is 55.6 Å². The summed E-state index contributed by atoms with van der Waals surface area (Å²) < 4.78 is 6.10. The number of benzene rings is 2. The molecule has 0 aromatic heterocycles. The Kier molecular flexibility index (Phi) is 4.85. The molecule has 2 N–H and O–H groups in total. The molecule has 21 heavy (non-hydrogen) atoms. The van der Waals surface area contributed by atoms with Crippen LogP contribution in [-0.2, 0) is 6.54 Å². The van der Waals surface area contributed by atoms with Crippen LogP contribution in [0.15, 0.2) is 46.9 Å². The van der Waals surface area contributed by atoms with Gasteiger partial charge in [0.15, 0.2) is 0 Å². The number of hydrogen-bond acceptors (Lipinski definition) is 3. The lowest BCUT2D eigenvalue weighted by Gasteiger charge is -2.18. The molecule has 4 nitrogen and oxygen atoms in total. The normalized spacial score (nSPS) is 10.2. The molecule has 110 valence electrons. The molecule has 0 saturated heterocycles. The first kappa shape index (κ1) is 15.4. The average Bonchev–Trinajstić information content (AvgIpc) is 2.48. The lowest BCUT2D eigenvalue weighted by Crippen LogP contribution is -2.26. The molecule has 0 unspecified atom stereocenters. The number of amides is 1. The highest BCUT2D eigenvalue weighted by atomic mass is 79.9. The number of nitrogens with two attached hydrogens (primary N) is 1. The van der Waals surface area contributed by atoms with Gasteiger partial charge in [0.05, 0.1) is 12.7 Å². The van der Waals surface area contributed by atoms with Gasteiger partial charge in [-0.05, 0) is 29.8 Å². The van der Waals surface area contributed by atoms with Crippen LogP contribution in [0.4, 0.5) is 5.69 Å². The number of anilines is 1. The second-order valence-corrected chi connectivity index (χ2v) is 5.66. The van der Waals surface area contributed by atoms with Crippen LogP contribution in [0.3, 0.4) is 0 Å². The van der Waals surface area contributed by atoms with Gasteiger partial charge < -0.3 is 15.4 Å². The molecule has 0 aliphatic heterocycles. The maximum Gasteiger partial charge on any atom is 0.255 e. The average molecular weight is 349 g/mol. The zero-order valence-electron chi connectivity index (χ0n) is 12.0. The minimum Gasteiger partial charge on any atom is -0.497 e. The summed E-state index contributed by atoms with van der Waals surface area (Å²) in [5, 5.41) is 0. The van der Waals surface area contributed by atoms with Crippen molar-refractivity contribution >= 4 is 27.5 Å². The van der Waals surface area contributed by atoms with Crippen molar-refractivity contribution in [1.82, 2.24) is 4.90 Å². The van der Waals surface area contributed by atoms with Crippen LogP contribution in [0, 0.1) is 0 Å². The van der Waals surface area contributed by atoms with E-state index in [1.807, 2.05) is 24.3 Å². The van der Waals surface area contributed by atoms with Gasteiger partial charge in [-0.3, -0.25) is 4.79 Å². The lowest BCUT2D eigenvalue weighted by molar-refractivity contribution is 0.0786. The van der Waals surface area contributed by atoms with E-state index in [1.165, 1.54) is 0 Å². The summed E-state index contributed by atoms with van der Waals surface area (Å²) in [4.78, 5) is 14.1. The number of methoxy groups -OCH3 is 1. The lowest BCUT2D eigenvalue weighted by atomic mass is 10.1. The van der Waals surface area contributed by atoms with Crippen molar-refractivity contribution in [2.24, 2.45) is 0 Å². The molecular formula is C16H17BrN2O2. The van der Waals surface area contributed by atoms with E-state index in [2.05, 4.69) is 15.9 Å². The first-order chi connectivity index (χ1) is 10.0. The highest BCUT2D eigenvalue weighted by Crippen LogP contribution is 2.21. The second-order valence-electron chi connectivity index (χ2n) is 4.74. The second kappa shape index (κ2) is 6.63. The molecule has 5 heteroatoms. The van der Waals surface area contributed by atoms with Crippen LogP contribution in [0.5, 0.6) is 5.75 Å². The Morgan fingerprint density at radius 2 is 1.90 bits per heavy atom. The molecule has 0 aliphatic carbocycles. The fourth-order valence-electron chi connectivity index (χ4n) is 2.00. The standard InChI is InChI=1S/C16H17BrN2O2/c1-19(10-11-3-5-12(17)6-4-11)16(20)14-8-7-13(21-2)9-15(14)18/h3-9H,10,18H2,1-2H3. The Hall–Kier alpha value is -2.01. The Bertz CT molecular complexity index is 641. The zero-order valence-corrected chi connectivity index (χ0v) is 13.6. The number of carbonyl (C=O) groups excluding carboxylic acids is 1. The van der Waals surface area contributed by atoms with E-state index in [-0.39, 0.29) is 5.91 Å². The quantitative estimate of drug-likeness (QED) is 0.862. The van der Waals surface area contributed by atoms with E-state index in [0.717, 1.165) is 10.0 Å². The molecule has 0 fully saturated rings. The number of nitrogen functional groups attached to an aromatic ring is 1. The predicted molar refractivity (Wildman–Crippen MR) is 87.3 cm³/mol. The summed E-state index contributed by atoms with van der Waals surface area (Å²) in [7, 11) is 3.32. The van der Waals surface area contributed by atoms with Crippen LogP contribution < -0.4 is 10.5 Å². The number of ether oxygens (including phenoxy) is 1. The third-order valence-corrected chi connectivity index (χ3v) is 3.70. The van der Waals surface area contributed by atoms with Crippen LogP contribution in [0.1, 0.15) is 15.9 Å². The first-order valence-corrected chi connectivity index (χ1v) is 7.24. The molecule has 0 spiro atoms. The Balaban J connectivity index is 2.13. The summed E-state index contributed by atoms with van der Waals surface area (Å²) >= 11 is 3.39. The van der Waals surface area contributed by atoms with Crippen LogP contribution in [0.25, 0.3) is 0 Å². The molecule has 2 aromatic carbocycles. The van der Waals surface area contributed by atoms with Gasteiger partial charge in [0.2, 0.25) is 0 Å². The molecule has 0 aliphatic rings. The maximum absolute atomic E-state index is 12.4. The monoisotopic (exact) mass is 348 g/mol. The molecule has 0 heterocycles. The summed E-state index contributed by atoms with van der Waals surface area (Å²) in [6, 6.07) is 12.9. The van der Waals surface area contributed by atoms with E-state index in [1.54, 1.807) is 37.3 Å². The number of rotatable bonds is 4. The number of halogens is 1. The van der Waals surface area contributed by atoms with Gasteiger partial charge in [0.25, 0.3) is 5.91 Å². The highest BCUT2D eigenvalue weighted by molar-refractivity contribution is 9.10. The van der Waals surface area contributed by atoms with Gasteiger partial charge in [-0.1, -0.05) is 28.1 Å². The fraction of sp³-hybridized carbons (Fsp3) is 0.188. The van der Waals surface area contributed by atoms with Gasteiger partial charge in [-0.25, -0.2) is 0 Å². The van der Waals surface area contributed by atoms with Crippen LogP contribution >= 0.6 is 15.9 Å². The van der Waals surface area contributed by atoms with Crippen LogP contribution in [0.2, 0.25) is 0 Å². The number of carbonyl (C=O) groups is 1. The van der Waals surface area contributed by atoms with Gasteiger partial charge in [-0.2, -0.15) is 0 Å². The van der Waals surface area contributed by atoms with E-state index in [4.69, 9.17) is 10.5 Å². The summed E-state index contributed by atoms with van der Waals surface area (Å²) in [6.07, 6.45) is 0. The third kappa shape index (κ3) is 3.76. The van der Waals surface area contributed by atoms with Crippen molar-refractivity contribution < 1.29 is 9.53 Å². The Morgan fingerprint density at radius 1 is 1.24 bits per heavy atom. The Morgan fingerprint density at radius 3 is 2.48 bits per heavy atom. The largest absolute Gasteiger partial charge is 0.497 e. The van der Waals surface area contributed by atoms with Crippen LogP contribution in [-0.4, -0.2) is 25.0 Å². The predicted octanol–water partition coefficient (Wildman–Crippen LogP) is 3.31. The fourth-order valence-corrected chi connectivity index (χ4v) is 2.27. The number of hydrogen-bond donors (Lipinski definition) is 1. The third-order valence-electron chi connectivity index (χ3n) is 3.17. The molecule has 2 rings (SSSR count). The molecular weight excluding hydrogens is 332 g/mol. The van der Waals surface area contributed by atoms with Crippen molar-refractivity contribution in [3.63, 3.8) is 0 Å². The molecule has 0 atom stereocenters. The van der Waals surface area contributed by atoms with Gasteiger partial charge in [0.1, 0.15) is 5.75 Å². The van der Waals surface area contributed by atoms with E-state index < -0.39 is 0 Å². The van der Waals surface area contributed by atoms with Gasteiger partial charge in [0, 0.05) is 29.8 Å². The van der Waals surface area contributed by atoms with Crippen molar-refractivity contribution in [3.8, 4) is 5.75 Å². The van der Waals surface area contributed by atoms with E-state index in [9.17, 15) is 4.79 Å². The molecule has 0 saturated carbocycles. The molecule has 1 amide bonds. The van der Waals surface area contributed by atoms with Gasteiger partial charge in [-0.15, -0.1) is 0 Å². The SMILES string of the molecule is COc1ccc(C(=O)N(C)Cc2ccc(Br)cc2)c(N)c1. The first-order valence-electron chi connectivity index (χ1n) is 6.44. The van der Waals surface area contributed by atoms with Crippen molar-refractivity contribution in [2.45, 2.75) is 6.54 Å². The van der Waals surface area contributed by atoms with Crippen molar-refractivity contribution in [3.05, 3.63) is 58.1 Å². The van der Waals surface area contributed by atoms with Gasteiger partial charge >= 0.3 is 0 Å². The zero-order chi connectivity index (χ0) is 15.4. The molecule has 0 bridgehead atoms. The minimum absolute atomic E-state index is 0.113. The minimum atomic E-state index is -0.113. The maximum atomic E-state index is 12.4. The van der Waals surface area contributed by atoms with E-state index in [0.29, 0.717) is 23.5 Å². The van der Waals surface area contributed by atoms with E-state index >= 15 is 0 Å². The highest BCUT2D eigenvalue weighted by Gasteiger charge is 2.15. The number of nitrogens with zero attached hydrogens (tertiary/aromatic N) is 1. The van der Waals surface area contributed by atoms with Crippen molar-refractivity contribution in [1.29, 1.82) is 0 Å². The smallest absolute Gasteiger partial charge is 0.255 e.